The normalized spacial score (nSPS) is 12.3. The highest BCUT2D eigenvalue weighted by Crippen LogP contribution is 2.30. The Labute approximate surface area is 184 Å². The van der Waals surface area contributed by atoms with Crippen LogP contribution in [0.3, 0.4) is 0 Å². The molecule has 3 aromatic rings. The van der Waals surface area contributed by atoms with Gasteiger partial charge in [-0.15, -0.1) is 0 Å². The van der Waals surface area contributed by atoms with Crippen molar-refractivity contribution < 1.29 is 32.2 Å². The van der Waals surface area contributed by atoms with Gasteiger partial charge in [-0.25, -0.2) is 12.8 Å². The number of aryl methyl sites for hydroxylation is 1. The predicted molar refractivity (Wildman–Crippen MR) is 114 cm³/mol. The summed E-state index contributed by atoms with van der Waals surface area (Å²) in [6.45, 7) is 1.39. The lowest BCUT2D eigenvalue weighted by molar-refractivity contribution is 0.102. The molecular weight excluding hydrogens is 441 g/mol. The van der Waals surface area contributed by atoms with Crippen molar-refractivity contribution in [3.63, 3.8) is 0 Å². The minimum Gasteiger partial charge on any atom is -0.488 e. The molecule has 11 heteroatoms. The molecule has 2 aromatic carbocycles. The average Bonchev–Trinajstić information content (AvgIpc) is 3.11. The fourth-order valence-corrected chi connectivity index (χ4v) is 3.48. The van der Waals surface area contributed by atoms with E-state index in [1.807, 2.05) is 0 Å². The van der Waals surface area contributed by atoms with Crippen molar-refractivity contribution in [2.24, 2.45) is 7.05 Å². The molecule has 0 aliphatic carbocycles. The molecule has 1 amide bonds. The molecule has 32 heavy (non-hydrogen) atoms. The number of halogens is 1. The molecule has 1 aromatic heterocycles. The van der Waals surface area contributed by atoms with Gasteiger partial charge in [-0.1, -0.05) is 0 Å². The standard InChI is InChI=1S/C21H22FN3O6S/c1-13(12-26)30-16-8-14(21(27)23-20-6-7-25(2)24-20)9-17(10-16)31-15-4-5-19(18(22)11-15)32(3,28)29/h4-11,13,26H,12H2,1-3H3,(H,23,24,27). The second kappa shape index (κ2) is 9.37. The predicted octanol–water partition coefficient (Wildman–Crippen LogP) is 2.77. The minimum atomic E-state index is -3.73. The molecule has 0 bridgehead atoms. The van der Waals surface area contributed by atoms with Crippen LogP contribution in [-0.2, 0) is 16.9 Å². The molecule has 0 aliphatic heterocycles. The van der Waals surface area contributed by atoms with E-state index >= 15 is 0 Å². The zero-order chi connectivity index (χ0) is 23.5. The first-order chi connectivity index (χ1) is 15.0. The summed E-state index contributed by atoms with van der Waals surface area (Å²) in [4.78, 5) is 12.2. The Hall–Kier alpha value is -3.44. The molecule has 1 atom stereocenters. The van der Waals surface area contributed by atoms with Crippen molar-refractivity contribution >= 4 is 21.6 Å². The number of amides is 1. The fourth-order valence-electron chi connectivity index (χ4n) is 2.75. The highest BCUT2D eigenvalue weighted by Gasteiger charge is 2.17. The fraction of sp³-hybridized carbons (Fsp3) is 0.238. The minimum absolute atomic E-state index is 0.0262. The largest absolute Gasteiger partial charge is 0.488 e. The molecule has 9 nitrogen and oxygen atoms in total. The van der Waals surface area contributed by atoms with Crippen LogP contribution >= 0.6 is 0 Å². The SMILES string of the molecule is CC(CO)Oc1cc(Oc2ccc(S(C)(=O)=O)c(F)c2)cc(C(=O)Nc2ccn(C)n2)c1. The number of rotatable bonds is 8. The summed E-state index contributed by atoms with van der Waals surface area (Å²) in [5.41, 5.74) is 0.168. The molecule has 0 spiro atoms. The van der Waals surface area contributed by atoms with E-state index in [1.54, 1.807) is 26.2 Å². The first-order valence-corrected chi connectivity index (χ1v) is 11.4. The molecule has 2 N–H and O–H groups in total. The second-order valence-electron chi connectivity index (χ2n) is 7.10. The van der Waals surface area contributed by atoms with E-state index in [9.17, 15) is 22.7 Å². The third kappa shape index (κ3) is 5.83. The van der Waals surface area contributed by atoms with E-state index in [4.69, 9.17) is 9.47 Å². The van der Waals surface area contributed by atoms with Gasteiger partial charge in [0.05, 0.1) is 6.61 Å². The zero-order valence-electron chi connectivity index (χ0n) is 17.6. The van der Waals surface area contributed by atoms with Crippen LogP contribution in [0.2, 0.25) is 0 Å². The topological polar surface area (TPSA) is 120 Å². The molecule has 170 valence electrons. The van der Waals surface area contributed by atoms with Crippen molar-refractivity contribution in [3.8, 4) is 17.2 Å². The quantitative estimate of drug-likeness (QED) is 0.527. The van der Waals surface area contributed by atoms with Gasteiger partial charge in [0.15, 0.2) is 15.7 Å². The van der Waals surface area contributed by atoms with E-state index in [0.29, 0.717) is 5.82 Å². The molecule has 0 aliphatic rings. The van der Waals surface area contributed by atoms with Crippen molar-refractivity contribution in [1.82, 2.24) is 9.78 Å². The van der Waals surface area contributed by atoms with E-state index in [1.165, 1.54) is 28.9 Å². The van der Waals surface area contributed by atoms with Crippen LogP contribution < -0.4 is 14.8 Å². The summed E-state index contributed by atoms with van der Waals surface area (Å²) in [6, 6.07) is 9.30. The lowest BCUT2D eigenvalue weighted by Crippen LogP contribution is -2.17. The van der Waals surface area contributed by atoms with E-state index < -0.39 is 32.6 Å². The molecule has 1 heterocycles. The van der Waals surface area contributed by atoms with Crippen LogP contribution in [0.25, 0.3) is 0 Å². The smallest absolute Gasteiger partial charge is 0.257 e. The van der Waals surface area contributed by atoms with Crippen LogP contribution in [-0.4, -0.2) is 48.2 Å². The Kier molecular flexibility index (Phi) is 6.80. The number of ether oxygens (including phenoxy) is 2. The Morgan fingerprint density at radius 1 is 1.19 bits per heavy atom. The van der Waals surface area contributed by atoms with Gasteiger partial charge in [-0.3, -0.25) is 9.48 Å². The summed E-state index contributed by atoms with van der Waals surface area (Å²) in [6.07, 6.45) is 2.02. The maximum Gasteiger partial charge on any atom is 0.257 e. The molecule has 1 unspecified atom stereocenters. The molecule has 3 rings (SSSR count). The number of hydrogen-bond donors (Lipinski definition) is 2. The summed E-state index contributed by atoms with van der Waals surface area (Å²) in [5, 5.41) is 16.0. The van der Waals surface area contributed by atoms with Crippen LogP contribution in [0.4, 0.5) is 10.2 Å². The van der Waals surface area contributed by atoms with E-state index in [-0.39, 0.29) is 29.4 Å². The van der Waals surface area contributed by atoms with Gasteiger partial charge < -0.3 is 19.9 Å². The number of nitrogens with one attached hydrogen (secondary N) is 1. The number of aliphatic hydroxyl groups excluding tert-OH is 1. The summed E-state index contributed by atoms with van der Waals surface area (Å²) >= 11 is 0. The van der Waals surface area contributed by atoms with E-state index in [0.717, 1.165) is 18.4 Å². The van der Waals surface area contributed by atoms with Gasteiger partial charge in [0.25, 0.3) is 5.91 Å². The van der Waals surface area contributed by atoms with Crippen LogP contribution in [0.5, 0.6) is 17.2 Å². The Bertz CT molecular complexity index is 1240. The van der Waals surface area contributed by atoms with Gasteiger partial charge >= 0.3 is 0 Å². The number of aromatic nitrogens is 2. The lowest BCUT2D eigenvalue weighted by Gasteiger charge is -2.15. The highest BCUT2D eigenvalue weighted by molar-refractivity contribution is 7.90. The number of hydrogen-bond acceptors (Lipinski definition) is 7. The monoisotopic (exact) mass is 463 g/mol. The number of carbonyl (C=O) groups excluding carboxylic acids is 1. The van der Waals surface area contributed by atoms with Crippen molar-refractivity contribution in [2.45, 2.75) is 17.9 Å². The average molecular weight is 463 g/mol. The van der Waals surface area contributed by atoms with E-state index in [2.05, 4.69) is 10.4 Å². The van der Waals surface area contributed by atoms with Crippen molar-refractivity contribution in [3.05, 3.63) is 60.0 Å². The Morgan fingerprint density at radius 3 is 2.50 bits per heavy atom. The molecule has 0 saturated heterocycles. The third-order valence-corrected chi connectivity index (χ3v) is 5.36. The first-order valence-electron chi connectivity index (χ1n) is 9.46. The van der Waals surface area contributed by atoms with Crippen molar-refractivity contribution in [1.29, 1.82) is 0 Å². The first kappa shape index (κ1) is 23.2. The lowest BCUT2D eigenvalue weighted by atomic mass is 10.2. The van der Waals surface area contributed by atoms with Crippen LogP contribution in [0.1, 0.15) is 17.3 Å². The molecule has 0 fully saturated rings. The number of nitrogens with zero attached hydrogens (tertiary/aromatic N) is 2. The molecular formula is C21H22FN3O6S. The van der Waals surface area contributed by atoms with Gasteiger partial charge in [-0.2, -0.15) is 5.10 Å². The number of carbonyl (C=O) groups is 1. The van der Waals surface area contributed by atoms with Gasteiger partial charge in [0, 0.05) is 43.3 Å². The Balaban J connectivity index is 1.92. The molecule has 0 saturated carbocycles. The number of benzene rings is 2. The second-order valence-corrected chi connectivity index (χ2v) is 9.08. The number of anilines is 1. The van der Waals surface area contributed by atoms with Gasteiger partial charge in [-0.05, 0) is 31.2 Å². The number of aliphatic hydroxyl groups is 1. The maximum atomic E-state index is 14.2. The van der Waals surface area contributed by atoms with Crippen LogP contribution in [0, 0.1) is 5.82 Å². The number of sulfone groups is 1. The summed E-state index contributed by atoms with van der Waals surface area (Å²) in [7, 11) is -2.02. The third-order valence-electron chi connectivity index (χ3n) is 4.23. The van der Waals surface area contributed by atoms with Crippen LogP contribution in [0.15, 0.2) is 53.6 Å². The summed E-state index contributed by atoms with van der Waals surface area (Å²) in [5.74, 6) is -0.700. The Morgan fingerprint density at radius 2 is 1.91 bits per heavy atom. The van der Waals surface area contributed by atoms with Crippen molar-refractivity contribution in [2.75, 3.05) is 18.2 Å². The van der Waals surface area contributed by atoms with Gasteiger partial charge in [0.1, 0.15) is 34.1 Å². The molecule has 0 radical (unpaired) electrons. The highest BCUT2D eigenvalue weighted by atomic mass is 32.2. The zero-order valence-corrected chi connectivity index (χ0v) is 18.4. The maximum absolute atomic E-state index is 14.2. The van der Waals surface area contributed by atoms with Gasteiger partial charge in [0.2, 0.25) is 0 Å². The summed E-state index contributed by atoms with van der Waals surface area (Å²) < 4.78 is 50.2.